The van der Waals surface area contributed by atoms with Crippen LogP contribution in [0, 0.1) is 0 Å². The maximum atomic E-state index is 12.1. The van der Waals surface area contributed by atoms with Gasteiger partial charge < -0.3 is 10.4 Å². The van der Waals surface area contributed by atoms with Gasteiger partial charge in [0.15, 0.2) is 0 Å². The predicted molar refractivity (Wildman–Crippen MR) is 107 cm³/mol. The summed E-state index contributed by atoms with van der Waals surface area (Å²) in [5.41, 5.74) is 3.89. The van der Waals surface area contributed by atoms with Crippen molar-refractivity contribution in [3.63, 3.8) is 0 Å². The van der Waals surface area contributed by atoms with Gasteiger partial charge in [0.05, 0.1) is 0 Å². The highest BCUT2D eigenvalue weighted by Gasteiger charge is 2.05. The first-order valence-corrected chi connectivity index (χ1v) is 8.82. The average molecular weight is 396 g/mol. The van der Waals surface area contributed by atoms with Crippen LogP contribution in [0.5, 0.6) is 5.75 Å². The molecule has 0 bridgehead atoms. The third kappa shape index (κ3) is 6.72. The van der Waals surface area contributed by atoms with Gasteiger partial charge >= 0.3 is 6.15 Å². The number of amides is 1. The van der Waals surface area contributed by atoms with Crippen molar-refractivity contribution in [3.05, 3.63) is 83.4 Å². The molecular weight excluding hydrogens is 378 g/mol. The summed E-state index contributed by atoms with van der Waals surface area (Å²) < 4.78 is 0. The summed E-state index contributed by atoms with van der Waals surface area (Å²) in [4.78, 5) is 28.4. The van der Waals surface area contributed by atoms with Crippen molar-refractivity contribution in [2.24, 2.45) is 0 Å². The summed E-state index contributed by atoms with van der Waals surface area (Å²) in [5.74, 6) is 0.204. The number of phenolic OH excluding ortho intramolecular Hbond substituents is 1. The van der Waals surface area contributed by atoms with Crippen molar-refractivity contribution in [1.82, 2.24) is 0 Å². The van der Waals surface area contributed by atoms with E-state index in [0.717, 1.165) is 16.7 Å². The van der Waals surface area contributed by atoms with Crippen molar-refractivity contribution in [3.8, 4) is 16.9 Å². The molecule has 3 aromatic rings. The van der Waals surface area contributed by atoms with Gasteiger partial charge in [-0.1, -0.05) is 54.1 Å². The molecule has 28 heavy (non-hydrogen) atoms. The van der Waals surface area contributed by atoms with Crippen molar-refractivity contribution in [1.29, 1.82) is 0 Å². The maximum absolute atomic E-state index is 12.1. The van der Waals surface area contributed by atoms with E-state index >= 15 is 0 Å². The molecule has 3 aromatic carbocycles. The van der Waals surface area contributed by atoms with E-state index in [0.29, 0.717) is 23.6 Å². The lowest BCUT2D eigenvalue weighted by Crippen LogP contribution is -2.12. The quantitative estimate of drug-likeness (QED) is 0.655. The molecule has 2 N–H and O–H groups in total. The smallest absolute Gasteiger partial charge is 0.373 e. The number of benzene rings is 3. The summed E-state index contributed by atoms with van der Waals surface area (Å²) in [6.45, 7) is 0. The van der Waals surface area contributed by atoms with Crippen LogP contribution in [0.3, 0.4) is 0 Å². The fourth-order valence-electron chi connectivity index (χ4n) is 2.61. The number of nitrogens with one attached hydrogen (secondary N) is 1. The Bertz CT molecular complexity index is 964. The number of carbonyl (C=O) groups excluding carboxylic acids is 3. The molecular formula is C22H18ClNO4. The molecule has 0 spiro atoms. The number of hydrogen-bond acceptors (Lipinski definition) is 4. The first-order chi connectivity index (χ1) is 13.5. The zero-order valence-electron chi connectivity index (χ0n) is 14.9. The number of anilines is 1. The Morgan fingerprint density at radius 1 is 0.929 bits per heavy atom. The van der Waals surface area contributed by atoms with Crippen molar-refractivity contribution in [2.75, 3.05) is 5.32 Å². The molecule has 1 amide bonds. The number of rotatable bonds is 5. The molecule has 0 fully saturated rings. The second-order valence-corrected chi connectivity index (χ2v) is 6.33. The Morgan fingerprint density at radius 2 is 1.61 bits per heavy atom. The number of aryl methyl sites for hydroxylation is 1. The summed E-state index contributed by atoms with van der Waals surface area (Å²) in [7, 11) is 0. The third-order valence-corrected chi connectivity index (χ3v) is 4.11. The van der Waals surface area contributed by atoms with Crippen LogP contribution in [0.25, 0.3) is 11.1 Å². The molecule has 0 heterocycles. The molecule has 0 radical (unpaired) electrons. The maximum Gasteiger partial charge on any atom is 0.373 e. The Hall–Kier alpha value is -3.40. The number of hydrogen-bond donors (Lipinski definition) is 2. The van der Waals surface area contributed by atoms with Crippen molar-refractivity contribution >= 4 is 29.3 Å². The average Bonchev–Trinajstić information content (AvgIpc) is 2.68. The first-order valence-electron chi connectivity index (χ1n) is 8.45. The largest absolute Gasteiger partial charge is 0.508 e. The van der Waals surface area contributed by atoms with Gasteiger partial charge in [-0.3, -0.25) is 4.79 Å². The molecule has 3 rings (SSSR count). The first kappa shape index (κ1) is 20.9. The predicted octanol–water partition coefficient (Wildman–Crippen LogP) is 4.70. The van der Waals surface area contributed by atoms with Crippen molar-refractivity contribution in [2.45, 2.75) is 12.8 Å². The fraction of sp³-hybridized carbons (Fsp3) is 0.0909. The normalized spacial score (nSPS) is 9.61. The lowest BCUT2D eigenvalue weighted by atomic mass is 10.0. The van der Waals surface area contributed by atoms with Gasteiger partial charge in [-0.2, -0.15) is 9.59 Å². The second kappa shape index (κ2) is 10.7. The summed E-state index contributed by atoms with van der Waals surface area (Å²) in [6, 6.07) is 22.3. The highest BCUT2D eigenvalue weighted by atomic mass is 35.5. The minimum absolute atomic E-state index is 0.0442. The topological polar surface area (TPSA) is 83.5 Å². The fourth-order valence-corrected chi connectivity index (χ4v) is 2.80. The molecule has 0 saturated heterocycles. The Balaban J connectivity index is 0.000000878. The SMILES string of the molecule is O=C(CCc1cccc(-c2ccc(O)cc2)c1)Nc1cccc(Cl)c1.O=C=O. The Morgan fingerprint density at radius 3 is 2.29 bits per heavy atom. The Labute approximate surface area is 167 Å². The summed E-state index contributed by atoms with van der Waals surface area (Å²) in [5, 5.41) is 12.8. The molecule has 0 aromatic heterocycles. The molecule has 142 valence electrons. The van der Waals surface area contributed by atoms with Crippen LogP contribution in [-0.4, -0.2) is 17.2 Å². The van der Waals surface area contributed by atoms with Gasteiger partial charge in [-0.05, 0) is 53.4 Å². The van der Waals surface area contributed by atoms with Crippen LogP contribution in [0.2, 0.25) is 5.02 Å². The van der Waals surface area contributed by atoms with E-state index in [1.807, 2.05) is 36.4 Å². The number of halogens is 1. The lowest BCUT2D eigenvalue weighted by Gasteiger charge is -2.07. The molecule has 0 atom stereocenters. The van der Waals surface area contributed by atoms with Gasteiger partial charge in [0, 0.05) is 17.1 Å². The minimum Gasteiger partial charge on any atom is -0.508 e. The third-order valence-electron chi connectivity index (χ3n) is 3.88. The lowest BCUT2D eigenvalue weighted by molar-refractivity contribution is -0.191. The van der Waals surface area contributed by atoms with Crippen LogP contribution < -0.4 is 5.32 Å². The molecule has 0 aliphatic rings. The Kier molecular flexibility index (Phi) is 7.97. The van der Waals surface area contributed by atoms with Crippen LogP contribution in [0.4, 0.5) is 5.69 Å². The molecule has 6 heteroatoms. The van der Waals surface area contributed by atoms with Crippen LogP contribution in [-0.2, 0) is 20.8 Å². The molecule has 0 aliphatic carbocycles. The zero-order chi connectivity index (χ0) is 20.4. The molecule has 0 saturated carbocycles. The minimum atomic E-state index is -0.0442. The van der Waals surface area contributed by atoms with E-state index in [9.17, 15) is 9.90 Å². The second-order valence-electron chi connectivity index (χ2n) is 5.89. The number of aromatic hydroxyl groups is 1. The van der Waals surface area contributed by atoms with Crippen LogP contribution in [0.1, 0.15) is 12.0 Å². The monoisotopic (exact) mass is 395 g/mol. The van der Waals surface area contributed by atoms with E-state index in [-0.39, 0.29) is 17.8 Å². The van der Waals surface area contributed by atoms with E-state index < -0.39 is 0 Å². The standard InChI is InChI=1S/C21H18ClNO2.CO2/c22-18-5-2-6-19(14-18)23-21(25)12-7-15-3-1-4-17(13-15)16-8-10-20(24)11-9-16;2-1-3/h1-6,8-11,13-14,24H,7,12H2,(H,23,25);. The number of carbonyl (C=O) groups is 1. The van der Waals surface area contributed by atoms with E-state index in [4.69, 9.17) is 21.2 Å². The van der Waals surface area contributed by atoms with Crippen LogP contribution in [0.15, 0.2) is 72.8 Å². The van der Waals surface area contributed by atoms with Gasteiger partial charge in [0.1, 0.15) is 5.75 Å². The highest BCUT2D eigenvalue weighted by Crippen LogP contribution is 2.23. The molecule has 5 nitrogen and oxygen atoms in total. The summed E-state index contributed by atoms with van der Waals surface area (Å²) >= 11 is 5.92. The van der Waals surface area contributed by atoms with Gasteiger partial charge in [-0.15, -0.1) is 0 Å². The zero-order valence-corrected chi connectivity index (χ0v) is 15.6. The van der Waals surface area contributed by atoms with E-state index in [2.05, 4.69) is 11.4 Å². The van der Waals surface area contributed by atoms with E-state index in [1.54, 1.807) is 30.3 Å². The van der Waals surface area contributed by atoms with Gasteiger partial charge in [0.2, 0.25) is 5.91 Å². The van der Waals surface area contributed by atoms with Crippen molar-refractivity contribution < 1.29 is 19.5 Å². The van der Waals surface area contributed by atoms with Gasteiger partial charge in [-0.25, -0.2) is 0 Å². The molecule has 0 unspecified atom stereocenters. The summed E-state index contributed by atoms with van der Waals surface area (Å²) in [6.07, 6.45) is 1.30. The number of phenols is 1. The van der Waals surface area contributed by atoms with E-state index in [1.165, 1.54) is 0 Å². The highest BCUT2D eigenvalue weighted by molar-refractivity contribution is 6.30. The van der Waals surface area contributed by atoms with Gasteiger partial charge in [0.25, 0.3) is 0 Å². The molecule has 0 aliphatic heterocycles. The van der Waals surface area contributed by atoms with Crippen LogP contribution >= 0.6 is 11.6 Å².